The third-order valence-corrected chi connectivity index (χ3v) is 3.31. The Hall–Kier alpha value is -2.50. The van der Waals surface area contributed by atoms with E-state index in [1.807, 2.05) is 6.92 Å². The molecule has 0 aliphatic carbocycles. The third-order valence-electron chi connectivity index (χ3n) is 3.31. The molecule has 22 heavy (non-hydrogen) atoms. The Bertz CT molecular complexity index is 621. The molecule has 0 radical (unpaired) electrons. The summed E-state index contributed by atoms with van der Waals surface area (Å²) in [5.74, 6) is 0.182. The fourth-order valence-corrected chi connectivity index (χ4v) is 2.14. The van der Waals surface area contributed by atoms with Crippen LogP contribution in [0, 0.1) is 0 Å². The van der Waals surface area contributed by atoms with Gasteiger partial charge in [0.25, 0.3) is 5.91 Å². The van der Waals surface area contributed by atoms with E-state index in [1.165, 1.54) is 20.3 Å². The Morgan fingerprint density at radius 1 is 1.18 bits per heavy atom. The SMILES string of the molecule is CCCCOC(=O)/C=C1/NC(=O)c2cc(OC)c(OC)cc21. The molecule has 2 rings (SSSR count). The molecule has 0 saturated carbocycles. The zero-order valence-corrected chi connectivity index (χ0v) is 12.9. The minimum Gasteiger partial charge on any atom is -0.493 e. The van der Waals surface area contributed by atoms with Crippen LogP contribution >= 0.6 is 0 Å². The van der Waals surface area contributed by atoms with E-state index >= 15 is 0 Å². The first-order valence-corrected chi connectivity index (χ1v) is 7.06. The largest absolute Gasteiger partial charge is 0.493 e. The molecule has 0 bridgehead atoms. The number of carbonyl (C=O) groups is 2. The predicted molar refractivity (Wildman–Crippen MR) is 80.9 cm³/mol. The zero-order chi connectivity index (χ0) is 16.1. The van der Waals surface area contributed by atoms with Gasteiger partial charge in [-0.2, -0.15) is 0 Å². The maximum absolute atomic E-state index is 12.0. The van der Waals surface area contributed by atoms with Crippen LogP contribution in [0.4, 0.5) is 0 Å². The van der Waals surface area contributed by atoms with Gasteiger partial charge in [0.15, 0.2) is 11.5 Å². The lowest BCUT2D eigenvalue weighted by Gasteiger charge is -2.09. The van der Waals surface area contributed by atoms with Gasteiger partial charge in [0.1, 0.15) is 0 Å². The Kier molecular flexibility index (Phi) is 5.04. The fourth-order valence-electron chi connectivity index (χ4n) is 2.14. The molecule has 6 heteroatoms. The van der Waals surface area contributed by atoms with Crippen molar-refractivity contribution in [3.8, 4) is 11.5 Å². The Morgan fingerprint density at radius 3 is 2.41 bits per heavy atom. The maximum atomic E-state index is 12.0. The van der Waals surface area contributed by atoms with Crippen LogP contribution in [-0.2, 0) is 9.53 Å². The number of nitrogens with one attached hydrogen (secondary N) is 1. The number of hydrogen-bond acceptors (Lipinski definition) is 5. The zero-order valence-electron chi connectivity index (χ0n) is 12.9. The average molecular weight is 305 g/mol. The van der Waals surface area contributed by atoms with Gasteiger partial charge in [-0.25, -0.2) is 4.79 Å². The summed E-state index contributed by atoms with van der Waals surface area (Å²) in [7, 11) is 3.01. The average Bonchev–Trinajstić information content (AvgIpc) is 2.81. The molecule has 6 nitrogen and oxygen atoms in total. The van der Waals surface area contributed by atoms with Gasteiger partial charge < -0.3 is 19.5 Å². The number of fused-ring (bicyclic) bond motifs is 1. The van der Waals surface area contributed by atoms with Crippen LogP contribution in [0.25, 0.3) is 5.70 Å². The summed E-state index contributed by atoms with van der Waals surface area (Å²) in [6, 6.07) is 3.25. The monoisotopic (exact) mass is 305 g/mol. The highest BCUT2D eigenvalue weighted by Crippen LogP contribution is 2.35. The second-order valence-electron chi connectivity index (χ2n) is 4.79. The van der Waals surface area contributed by atoms with Crippen LogP contribution in [0.1, 0.15) is 35.7 Å². The van der Waals surface area contributed by atoms with E-state index in [0.29, 0.717) is 34.9 Å². The van der Waals surface area contributed by atoms with Crippen molar-refractivity contribution in [2.75, 3.05) is 20.8 Å². The van der Waals surface area contributed by atoms with Gasteiger partial charge >= 0.3 is 5.97 Å². The summed E-state index contributed by atoms with van der Waals surface area (Å²) >= 11 is 0. The Morgan fingerprint density at radius 2 is 1.82 bits per heavy atom. The highest BCUT2D eigenvalue weighted by atomic mass is 16.5. The summed E-state index contributed by atoms with van der Waals surface area (Å²) < 4.78 is 15.5. The van der Waals surface area contributed by atoms with Crippen LogP contribution < -0.4 is 14.8 Å². The quantitative estimate of drug-likeness (QED) is 0.495. The summed E-state index contributed by atoms with van der Waals surface area (Å²) in [5.41, 5.74) is 1.43. The van der Waals surface area contributed by atoms with Gasteiger partial charge in [-0.1, -0.05) is 13.3 Å². The smallest absolute Gasteiger partial charge is 0.332 e. The number of unbranched alkanes of at least 4 members (excludes halogenated alkanes) is 1. The van der Waals surface area contributed by atoms with Gasteiger partial charge in [0.05, 0.1) is 32.1 Å². The molecule has 1 aliphatic heterocycles. The molecule has 1 aromatic rings. The maximum Gasteiger partial charge on any atom is 0.332 e. The van der Waals surface area contributed by atoms with Gasteiger partial charge in [-0.3, -0.25) is 4.79 Å². The van der Waals surface area contributed by atoms with Crippen molar-refractivity contribution in [2.45, 2.75) is 19.8 Å². The molecule has 1 N–H and O–H groups in total. The van der Waals surface area contributed by atoms with Gasteiger partial charge in [0.2, 0.25) is 0 Å². The topological polar surface area (TPSA) is 73.9 Å². The third kappa shape index (κ3) is 3.21. The number of carbonyl (C=O) groups excluding carboxylic acids is 2. The van der Waals surface area contributed by atoms with Crippen LogP contribution in [-0.4, -0.2) is 32.7 Å². The Labute approximate surface area is 129 Å². The molecule has 0 saturated heterocycles. The van der Waals surface area contributed by atoms with Crippen molar-refractivity contribution in [2.24, 2.45) is 0 Å². The van der Waals surface area contributed by atoms with Crippen LogP contribution in [0.2, 0.25) is 0 Å². The lowest BCUT2D eigenvalue weighted by molar-refractivity contribution is -0.137. The first-order valence-electron chi connectivity index (χ1n) is 7.06. The molecule has 0 atom stereocenters. The molecule has 1 amide bonds. The molecule has 0 unspecified atom stereocenters. The fraction of sp³-hybridized carbons (Fsp3) is 0.375. The van der Waals surface area contributed by atoms with E-state index in [-0.39, 0.29) is 5.91 Å². The lowest BCUT2D eigenvalue weighted by atomic mass is 10.1. The van der Waals surface area contributed by atoms with E-state index in [4.69, 9.17) is 14.2 Å². The molecular weight excluding hydrogens is 286 g/mol. The molecule has 0 spiro atoms. The molecular formula is C16H19NO5. The number of hydrogen-bond donors (Lipinski definition) is 1. The minimum atomic E-state index is -0.480. The number of amides is 1. The first-order chi connectivity index (χ1) is 10.6. The van der Waals surface area contributed by atoms with Crippen molar-refractivity contribution in [3.05, 3.63) is 29.3 Å². The van der Waals surface area contributed by atoms with E-state index in [1.54, 1.807) is 12.1 Å². The van der Waals surface area contributed by atoms with Crippen LogP contribution in [0.3, 0.4) is 0 Å². The van der Waals surface area contributed by atoms with E-state index < -0.39 is 5.97 Å². The van der Waals surface area contributed by atoms with E-state index in [0.717, 1.165) is 12.8 Å². The second kappa shape index (κ2) is 6.98. The Balaban J connectivity index is 2.29. The van der Waals surface area contributed by atoms with E-state index in [9.17, 15) is 9.59 Å². The lowest BCUT2D eigenvalue weighted by Crippen LogP contribution is -2.13. The van der Waals surface area contributed by atoms with Gasteiger partial charge in [0, 0.05) is 11.6 Å². The van der Waals surface area contributed by atoms with Crippen molar-refractivity contribution in [3.63, 3.8) is 0 Å². The molecule has 0 aromatic heterocycles. The van der Waals surface area contributed by atoms with Crippen LogP contribution in [0.5, 0.6) is 11.5 Å². The minimum absolute atomic E-state index is 0.288. The van der Waals surface area contributed by atoms with Crippen molar-refractivity contribution >= 4 is 17.6 Å². The van der Waals surface area contributed by atoms with Gasteiger partial charge in [-0.15, -0.1) is 0 Å². The normalized spacial score (nSPS) is 14.5. The van der Waals surface area contributed by atoms with E-state index in [2.05, 4.69) is 5.32 Å². The molecule has 1 heterocycles. The first kappa shape index (κ1) is 15.9. The highest BCUT2D eigenvalue weighted by Gasteiger charge is 2.27. The van der Waals surface area contributed by atoms with Gasteiger partial charge in [-0.05, 0) is 18.6 Å². The van der Waals surface area contributed by atoms with Crippen LogP contribution in [0.15, 0.2) is 18.2 Å². The molecule has 0 fully saturated rings. The second-order valence-corrected chi connectivity index (χ2v) is 4.79. The number of benzene rings is 1. The predicted octanol–water partition coefficient (Wildman–Crippen LogP) is 2.13. The molecule has 1 aliphatic rings. The summed E-state index contributed by atoms with van der Waals surface area (Å²) in [5, 5.41) is 2.65. The standard InChI is InChI=1S/C16H19NO5/c1-4-5-6-22-15(18)9-12-10-7-13(20-2)14(21-3)8-11(10)16(19)17-12/h7-9H,4-6H2,1-3H3,(H,17,19)/b12-9+. The van der Waals surface area contributed by atoms with Crippen molar-refractivity contribution in [1.29, 1.82) is 0 Å². The molecule has 118 valence electrons. The molecule has 1 aromatic carbocycles. The number of esters is 1. The highest BCUT2D eigenvalue weighted by molar-refractivity contribution is 6.12. The van der Waals surface area contributed by atoms with Crippen molar-refractivity contribution in [1.82, 2.24) is 5.32 Å². The van der Waals surface area contributed by atoms with Crippen molar-refractivity contribution < 1.29 is 23.8 Å². The summed E-state index contributed by atoms with van der Waals surface area (Å²) in [6.45, 7) is 2.38. The number of methoxy groups -OCH3 is 2. The number of ether oxygens (including phenoxy) is 3. The summed E-state index contributed by atoms with van der Waals surface area (Å²) in [6.07, 6.45) is 3.04. The number of rotatable bonds is 6. The summed E-state index contributed by atoms with van der Waals surface area (Å²) in [4.78, 5) is 23.7.